The van der Waals surface area contributed by atoms with Crippen LogP contribution >= 0.6 is 0 Å². The molecule has 0 aliphatic carbocycles. The lowest BCUT2D eigenvalue weighted by Crippen LogP contribution is -2.22. The van der Waals surface area contributed by atoms with Crippen LogP contribution in [0.25, 0.3) is 0 Å². The highest BCUT2D eigenvalue weighted by atomic mass is 19.4. The van der Waals surface area contributed by atoms with Crippen LogP contribution in [-0.2, 0) is 6.18 Å². The average Bonchev–Trinajstić information content (AvgIpc) is 2.60. The lowest BCUT2D eigenvalue weighted by molar-refractivity contribution is -0.138. The van der Waals surface area contributed by atoms with E-state index in [9.17, 15) is 18.0 Å². The molecule has 7 heteroatoms. The molecule has 1 heterocycles. The Labute approximate surface area is 113 Å². The van der Waals surface area contributed by atoms with E-state index in [1.807, 2.05) is 0 Å². The second kappa shape index (κ2) is 5.70. The van der Waals surface area contributed by atoms with E-state index in [0.717, 1.165) is 12.1 Å². The van der Waals surface area contributed by atoms with Crippen molar-refractivity contribution in [3.8, 4) is 11.5 Å². The molecule has 0 saturated carbocycles. The Balaban J connectivity index is 2.52. The molecule has 0 spiro atoms. The topological polar surface area (TPSA) is 47.6 Å². The van der Waals surface area contributed by atoms with E-state index in [-0.39, 0.29) is 24.7 Å². The summed E-state index contributed by atoms with van der Waals surface area (Å²) in [7, 11) is 1.49. The Morgan fingerprint density at radius 2 is 1.85 bits per heavy atom. The minimum absolute atomic E-state index is 0.0239. The molecule has 0 bridgehead atoms. The van der Waals surface area contributed by atoms with Gasteiger partial charge in [0, 0.05) is 12.0 Å². The standard InChI is InChI=1S/C13H14F3NO3/c1-17-7-10(18)8-5-11-12(20-4-2-3-19-11)6-9(8)13(14,15)16/h5-6,17H,2-4,7H2,1H3. The number of hydrogen-bond donors (Lipinski definition) is 1. The lowest BCUT2D eigenvalue weighted by atomic mass is 10.0. The van der Waals surface area contributed by atoms with Crippen molar-refractivity contribution in [3.63, 3.8) is 0 Å². The van der Waals surface area contributed by atoms with E-state index in [4.69, 9.17) is 9.47 Å². The SMILES string of the molecule is CNCC(=O)c1cc2c(cc1C(F)(F)F)OCCCO2. The van der Waals surface area contributed by atoms with E-state index in [0.29, 0.717) is 13.0 Å². The molecule has 0 amide bonds. The molecule has 2 rings (SSSR count). The van der Waals surface area contributed by atoms with Gasteiger partial charge in [-0.3, -0.25) is 4.79 Å². The summed E-state index contributed by atoms with van der Waals surface area (Å²) in [6.07, 6.45) is -4.04. The molecular formula is C13H14F3NO3. The van der Waals surface area contributed by atoms with E-state index < -0.39 is 23.1 Å². The van der Waals surface area contributed by atoms with Crippen LogP contribution in [-0.4, -0.2) is 32.6 Å². The molecule has 4 nitrogen and oxygen atoms in total. The van der Waals surface area contributed by atoms with Gasteiger partial charge >= 0.3 is 6.18 Å². The third-order valence-electron chi connectivity index (χ3n) is 2.83. The molecule has 1 N–H and O–H groups in total. The van der Waals surface area contributed by atoms with Gasteiger partial charge in [-0.05, 0) is 19.2 Å². The Hall–Kier alpha value is -1.76. The summed E-state index contributed by atoms with van der Waals surface area (Å²) in [5.41, 5.74) is -1.40. The molecule has 0 atom stereocenters. The summed E-state index contributed by atoms with van der Waals surface area (Å²) >= 11 is 0. The molecule has 0 saturated heterocycles. The molecule has 0 aromatic heterocycles. The summed E-state index contributed by atoms with van der Waals surface area (Å²) < 4.78 is 49.7. The van der Waals surface area contributed by atoms with Crippen molar-refractivity contribution in [3.05, 3.63) is 23.3 Å². The second-order valence-corrected chi connectivity index (χ2v) is 4.35. The predicted molar refractivity (Wildman–Crippen MR) is 65.3 cm³/mol. The number of carbonyl (C=O) groups is 1. The van der Waals surface area contributed by atoms with E-state index in [1.54, 1.807) is 0 Å². The predicted octanol–water partition coefficient (Wildman–Crippen LogP) is 2.27. The fraction of sp³-hybridized carbons (Fsp3) is 0.462. The van der Waals surface area contributed by atoms with Crippen molar-refractivity contribution in [2.75, 3.05) is 26.8 Å². The molecule has 1 aromatic carbocycles. The van der Waals surface area contributed by atoms with Crippen LogP contribution in [0.15, 0.2) is 12.1 Å². The molecule has 1 aromatic rings. The average molecular weight is 289 g/mol. The number of alkyl halides is 3. The van der Waals surface area contributed by atoms with Gasteiger partial charge in [0.15, 0.2) is 17.3 Å². The molecule has 0 radical (unpaired) electrons. The van der Waals surface area contributed by atoms with Gasteiger partial charge in [-0.1, -0.05) is 0 Å². The molecule has 1 aliphatic heterocycles. The van der Waals surface area contributed by atoms with Gasteiger partial charge in [-0.2, -0.15) is 13.2 Å². The largest absolute Gasteiger partial charge is 0.490 e. The number of hydrogen-bond acceptors (Lipinski definition) is 4. The summed E-state index contributed by atoms with van der Waals surface area (Å²) in [5.74, 6) is -0.443. The first-order valence-electron chi connectivity index (χ1n) is 6.12. The Morgan fingerprint density at radius 3 is 2.40 bits per heavy atom. The Morgan fingerprint density at radius 1 is 1.25 bits per heavy atom. The number of rotatable bonds is 3. The van der Waals surface area contributed by atoms with Crippen LogP contribution in [0, 0.1) is 0 Å². The van der Waals surface area contributed by atoms with Gasteiger partial charge in [0.1, 0.15) is 0 Å². The summed E-state index contributed by atoms with van der Waals surface area (Å²) in [6, 6.07) is 1.95. The van der Waals surface area contributed by atoms with Gasteiger partial charge in [0.25, 0.3) is 0 Å². The fourth-order valence-electron chi connectivity index (χ4n) is 1.93. The van der Waals surface area contributed by atoms with Crippen molar-refractivity contribution >= 4 is 5.78 Å². The summed E-state index contributed by atoms with van der Waals surface area (Å²) in [4.78, 5) is 11.8. The fourth-order valence-corrected chi connectivity index (χ4v) is 1.93. The monoisotopic (exact) mass is 289 g/mol. The molecule has 1 aliphatic rings. The van der Waals surface area contributed by atoms with Crippen molar-refractivity contribution in [1.82, 2.24) is 5.32 Å². The first-order valence-corrected chi connectivity index (χ1v) is 6.12. The third kappa shape index (κ3) is 3.04. The maximum Gasteiger partial charge on any atom is 0.417 e. The van der Waals surface area contributed by atoms with E-state index in [2.05, 4.69) is 5.32 Å². The number of benzene rings is 1. The minimum Gasteiger partial charge on any atom is -0.490 e. The maximum absolute atomic E-state index is 13.1. The van der Waals surface area contributed by atoms with Gasteiger partial charge < -0.3 is 14.8 Å². The zero-order valence-electron chi connectivity index (χ0n) is 10.8. The number of halogens is 3. The van der Waals surface area contributed by atoms with Crippen LogP contribution in [0.5, 0.6) is 11.5 Å². The van der Waals surface area contributed by atoms with Crippen molar-refractivity contribution in [2.45, 2.75) is 12.6 Å². The summed E-state index contributed by atoms with van der Waals surface area (Å²) in [6.45, 7) is 0.453. The molecule has 0 unspecified atom stereocenters. The number of fused-ring (bicyclic) bond motifs is 1. The van der Waals surface area contributed by atoms with Crippen LogP contribution in [0.1, 0.15) is 22.3 Å². The number of nitrogens with one attached hydrogen (secondary N) is 1. The van der Waals surface area contributed by atoms with Crippen LogP contribution in [0.4, 0.5) is 13.2 Å². The number of likely N-dealkylation sites (N-methyl/N-ethyl adjacent to an activating group) is 1. The number of ketones is 1. The molecular weight excluding hydrogens is 275 g/mol. The highest BCUT2D eigenvalue weighted by molar-refractivity contribution is 5.99. The van der Waals surface area contributed by atoms with Crippen molar-refractivity contribution < 1.29 is 27.4 Å². The van der Waals surface area contributed by atoms with Gasteiger partial charge in [-0.15, -0.1) is 0 Å². The second-order valence-electron chi connectivity index (χ2n) is 4.35. The smallest absolute Gasteiger partial charge is 0.417 e. The molecule has 0 fully saturated rings. The highest BCUT2D eigenvalue weighted by Crippen LogP contribution is 2.40. The Bertz CT molecular complexity index is 514. The normalized spacial score (nSPS) is 14.8. The minimum atomic E-state index is -4.62. The lowest BCUT2D eigenvalue weighted by Gasteiger charge is -2.16. The van der Waals surface area contributed by atoms with Crippen LogP contribution < -0.4 is 14.8 Å². The molecule has 20 heavy (non-hydrogen) atoms. The van der Waals surface area contributed by atoms with Gasteiger partial charge in [0.2, 0.25) is 0 Å². The van der Waals surface area contributed by atoms with Crippen LogP contribution in [0.2, 0.25) is 0 Å². The quantitative estimate of drug-likeness (QED) is 0.867. The van der Waals surface area contributed by atoms with E-state index in [1.165, 1.54) is 7.05 Å². The summed E-state index contributed by atoms with van der Waals surface area (Å²) in [5, 5.41) is 2.55. The van der Waals surface area contributed by atoms with E-state index >= 15 is 0 Å². The first-order chi connectivity index (χ1) is 9.43. The first kappa shape index (κ1) is 14.6. The number of Topliss-reactive ketones (excluding diaryl/α,β-unsaturated/α-hetero) is 1. The zero-order chi connectivity index (χ0) is 14.8. The van der Waals surface area contributed by atoms with Crippen molar-refractivity contribution in [2.24, 2.45) is 0 Å². The van der Waals surface area contributed by atoms with Gasteiger partial charge in [0.05, 0.1) is 25.3 Å². The van der Waals surface area contributed by atoms with Crippen LogP contribution in [0.3, 0.4) is 0 Å². The van der Waals surface area contributed by atoms with Crippen molar-refractivity contribution in [1.29, 1.82) is 0 Å². The molecule has 110 valence electrons. The number of ether oxygens (including phenoxy) is 2. The zero-order valence-corrected chi connectivity index (χ0v) is 10.8. The Kier molecular flexibility index (Phi) is 4.17. The number of carbonyl (C=O) groups excluding carboxylic acids is 1. The highest BCUT2D eigenvalue weighted by Gasteiger charge is 2.36. The third-order valence-corrected chi connectivity index (χ3v) is 2.83. The van der Waals surface area contributed by atoms with Gasteiger partial charge in [-0.25, -0.2) is 0 Å². The maximum atomic E-state index is 13.1.